The Balaban J connectivity index is 3.21. The first-order valence-corrected chi connectivity index (χ1v) is 4.92. The summed E-state index contributed by atoms with van der Waals surface area (Å²) in [7, 11) is 1.32. The van der Waals surface area contributed by atoms with E-state index in [0.29, 0.717) is 12.1 Å². The Morgan fingerprint density at radius 3 is 1.67 bits per heavy atom. The summed E-state index contributed by atoms with van der Waals surface area (Å²) >= 11 is 0. The number of alkyl halides is 6. The molecule has 0 spiro atoms. The monoisotopic (exact) mass is 272 g/mol. The zero-order valence-corrected chi connectivity index (χ0v) is 9.32. The fraction of sp³-hybridized carbons (Fsp3) is 0.455. The minimum atomic E-state index is -4.80. The van der Waals surface area contributed by atoms with Crippen LogP contribution in [0.4, 0.5) is 26.3 Å². The lowest BCUT2D eigenvalue weighted by Gasteiger charge is -2.14. The van der Waals surface area contributed by atoms with Gasteiger partial charge in [0.2, 0.25) is 0 Å². The Hall–Kier alpha value is -1.24. The van der Waals surface area contributed by atoms with Crippen LogP contribution in [-0.4, -0.2) is 13.7 Å². The zero-order chi connectivity index (χ0) is 14.0. The fourth-order valence-corrected chi connectivity index (χ4v) is 1.38. The van der Waals surface area contributed by atoms with Gasteiger partial charge in [0.05, 0.1) is 17.7 Å². The molecule has 0 N–H and O–H groups in total. The molecular weight excluding hydrogens is 262 g/mol. The van der Waals surface area contributed by atoms with Gasteiger partial charge < -0.3 is 4.74 Å². The highest BCUT2D eigenvalue weighted by Crippen LogP contribution is 2.36. The molecule has 0 bridgehead atoms. The molecule has 0 unspecified atom stereocenters. The van der Waals surface area contributed by atoms with Crippen molar-refractivity contribution in [3.8, 4) is 0 Å². The molecule has 7 heteroatoms. The molecule has 102 valence electrons. The molecule has 1 aromatic carbocycles. The third kappa shape index (κ3) is 3.90. The van der Waals surface area contributed by atoms with Crippen molar-refractivity contribution in [2.75, 3.05) is 13.7 Å². The van der Waals surface area contributed by atoms with Gasteiger partial charge in [-0.05, 0) is 30.2 Å². The Morgan fingerprint density at radius 1 is 0.889 bits per heavy atom. The van der Waals surface area contributed by atoms with Crippen LogP contribution in [0.15, 0.2) is 18.2 Å². The molecule has 1 aromatic rings. The van der Waals surface area contributed by atoms with Crippen molar-refractivity contribution < 1.29 is 31.1 Å². The average molecular weight is 272 g/mol. The molecule has 0 atom stereocenters. The molecule has 18 heavy (non-hydrogen) atoms. The van der Waals surface area contributed by atoms with Crippen molar-refractivity contribution in [1.82, 2.24) is 0 Å². The summed E-state index contributed by atoms with van der Waals surface area (Å²) in [4.78, 5) is 0. The van der Waals surface area contributed by atoms with Gasteiger partial charge in [-0.1, -0.05) is 0 Å². The van der Waals surface area contributed by atoms with Gasteiger partial charge in [-0.2, -0.15) is 26.3 Å². The SMILES string of the molecule is COCCc1cc(C(F)(F)F)cc(C(F)(F)F)c1. The third-order valence-corrected chi connectivity index (χ3v) is 2.24. The fourth-order valence-electron chi connectivity index (χ4n) is 1.38. The van der Waals surface area contributed by atoms with E-state index in [1.165, 1.54) is 7.11 Å². The van der Waals surface area contributed by atoms with Crippen LogP contribution < -0.4 is 0 Å². The van der Waals surface area contributed by atoms with Crippen LogP contribution in [0.2, 0.25) is 0 Å². The summed E-state index contributed by atoms with van der Waals surface area (Å²) in [6, 6.07) is 1.51. The number of ether oxygens (including phenoxy) is 1. The maximum atomic E-state index is 12.5. The molecule has 0 heterocycles. The lowest BCUT2D eigenvalue weighted by atomic mass is 10.0. The zero-order valence-electron chi connectivity index (χ0n) is 9.32. The van der Waals surface area contributed by atoms with Crippen LogP contribution in [0, 0.1) is 0 Å². The van der Waals surface area contributed by atoms with Gasteiger partial charge in [-0.15, -0.1) is 0 Å². The number of hydrogen-bond acceptors (Lipinski definition) is 1. The third-order valence-electron chi connectivity index (χ3n) is 2.24. The summed E-state index contributed by atoms with van der Waals surface area (Å²) in [6.45, 7) is 0.0542. The second kappa shape index (κ2) is 5.17. The van der Waals surface area contributed by atoms with Crippen molar-refractivity contribution in [2.24, 2.45) is 0 Å². The van der Waals surface area contributed by atoms with Crippen molar-refractivity contribution in [3.05, 3.63) is 34.9 Å². The lowest BCUT2D eigenvalue weighted by molar-refractivity contribution is -0.143. The summed E-state index contributed by atoms with van der Waals surface area (Å²) in [5.41, 5.74) is -2.66. The molecule has 1 nitrogen and oxygen atoms in total. The quantitative estimate of drug-likeness (QED) is 0.758. The van der Waals surface area contributed by atoms with Crippen LogP contribution in [0.3, 0.4) is 0 Å². The van der Waals surface area contributed by atoms with Crippen molar-refractivity contribution >= 4 is 0 Å². The van der Waals surface area contributed by atoms with E-state index in [-0.39, 0.29) is 24.7 Å². The maximum absolute atomic E-state index is 12.5. The van der Waals surface area contributed by atoms with Crippen LogP contribution in [0.5, 0.6) is 0 Å². The Bertz CT molecular complexity index is 375. The van der Waals surface area contributed by atoms with Gasteiger partial charge in [0.25, 0.3) is 0 Å². The normalized spacial score (nSPS) is 12.8. The van der Waals surface area contributed by atoms with Gasteiger partial charge in [0, 0.05) is 7.11 Å². The highest BCUT2D eigenvalue weighted by Gasteiger charge is 2.36. The Labute approximate surface area is 99.4 Å². The molecule has 0 radical (unpaired) electrons. The average Bonchev–Trinajstić information content (AvgIpc) is 2.23. The van der Waals surface area contributed by atoms with Gasteiger partial charge in [-0.25, -0.2) is 0 Å². The molecule has 0 saturated carbocycles. The van der Waals surface area contributed by atoms with Gasteiger partial charge in [0.15, 0.2) is 0 Å². The summed E-state index contributed by atoms with van der Waals surface area (Å²) < 4.78 is 79.4. The lowest BCUT2D eigenvalue weighted by Crippen LogP contribution is -2.12. The van der Waals surface area contributed by atoms with E-state index in [9.17, 15) is 26.3 Å². The predicted octanol–water partition coefficient (Wildman–Crippen LogP) is 3.91. The van der Waals surface area contributed by atoms with E-state index in [1.54, 1.807) is 0 Å². The van der Waals surface area contributed by atoms with E-state index in [0.717, 1.165) is 0 Å². The molecule has 0 aliphatic heterocycles. The van der Waals surface area contributed by atoms with E-state index in [4.69, 9.17) is 0 Å². The first kappa shape index (κ1) is 14.8. The smallest absolute Gasteiger partial charge is 0.384 e. The second-order valence-corrected chi connectivity index (χ2v) is 3.66. The van der Waals surface area contributed by atoms with E-state index >= 15 is 0 Å². The van der Waals surface area contributed by atoms with E-state index in [2.05, 4.69) is 4.74 Å². The standard InChI is InChI=1S/C11H10F6O/c1-18-3-2-7-4-8(10(12,13)14)6-9(5-7)11(15,16)17/h4-6H,2-3H2,1H3. The number of methoxy groups -OCH3 is 1. The largest absolute Gasteiger partial charge is 0.416 e. The van der Waals surface area contributed by atoms with Gasteiger partial charge in [0.1, 0.15) is 0 Å². The molecule has 1 rings (SSSR count). The van der Waals surface area contributed by atoms with Crippen LogP contribution in [0.25, 0.3) is 0 Å². The Kier molecular flexibility index (Phi) is 4.26. The molecule has 0 fully saturated rings. The van der Waals surface area contributed by atoms with E-state index < -0.39 is 23.5 Å². The van der Waals surface area contributed by atoms with Crippen LogP contribution in [0.1, 0.15) is 16.7 Å². The number of halogens is 6. The number of rotatable bonds is 3. The molecule has 0 saturated heterocycles. The van der Waals surface area contributed by atoms with Gasteiger partial charge >= 0.3 is 12.4 Å². The molecule has 0 aliphatic carbocycles. The minimum Gasteiger partial charge on any atom is -0.384 e. The van der Waals surface area contributed by atoms with Crippen molar-refractivity contribution in [2.45, 2.75) is 18.8 Å². The van der Waals surface area contributed by atoms with Crippen molar-refractivity contribution in [3.63, 3.8) is 0 Å². The highest BCUT2D eigenvalue weighted by molar-refractivity contribution is 5.33. The van der Waals surface area contributed by atoms with E-state index in [1.807, 2.05) is 0 Å². The summed E-state index contributed by atoms with van der Waals surface area (Å²) in [5.74, 6) is 0. The maximum Gasteiger partial charge on any atom is 0.416 e. The molecular formula is C11H10F6O. The number of hydrogen-bond donors (Lipinski definition) is 0. The summed E-state index contributed by atoms with van der Waals surface area (Å²) in [5, 5.41) is 0. The number of benzene rings is 1. The molecule has 0 amide bonds. The summed E-state index contributed by atoms with van der Waals surface area (Å²) in [6.07, 6.45) is -9.62. The molecule has 0 aromatic heterocycles. The molecule has 0 aliphatic rings. The first-order chi connectivity index (χ1) is 8.14. The first-order valence-electron chi connectivity index (χ1n) is 4.92. The minimum absolute atomic E-state index is 0.0104. The van der Waals surface area contributed by atoms with Gasteiger partial charge in [-0.3, -0.25) is 0 Å². The van der Waals surface area contributed by atoms with Crippen LogP contribution in [-0.2, 0) is 23.5 Å². The second-order valence-electron chi connectivity index (χ2n) is 3.66. The predicted molar refractivity (Wildman–Crippen MR) is 52.0 cm³/mol. The topological polar surface area (TPSA) is 9.23 Å². The van der Waals surface area contributed by atoms with Crippen LogP contribution >= 0.6 is 0 Å². The highest BCUT2D eigenvalue weighted by atomic mass is 19.4. The van der Waals surface area contributed by atoms with Crippen molar-refractivity contribution in [1.29, 1.82) is 0 Å². The Morgan fingerprint density at radius 2 is 1.33 bits per heavy atom.